The normalized spacial score (nSPS) is 11.8. The van der Waals surface area contributed by atoms with Crippen LogP contribution in [0, 0.1) is 0 Å². The van der Waals surface area contributed by atoms with Gasteiger partial charge in [0.15, 0.2) is 0 Å². The van der Waals surface area contributed by atoms with Gasteiger partial charge in [-0.05, 0) is 13.0 Å². The van der Waals surface area contributed by atoms with Crippen molar-refractivity contribution in [1.29, 1.82) is 0 Å². The Kier molecular flexibility index (Phi) is 4.95. The summed E-state index contributed by atoms with van der Waals surface area (Å²) in [5.74, 6) is 0. The number of thiazole rings is 1. The maximum atomic E-state index is 4.92. The third kappa shape index (κ3) is 3.68. The van der Waals surface area contributed by atoms with Crippen LogP contribution >= 0.6 is 11.3 Å². The summed E-state index contributed by atoms with van der Waals surface area (Å²) >= 11 is 1.86. The monoisotopic (exact) mass is 288 g/mol. The van der Waals surface area contributed by atoms with E-state index in [0.29, 0.717) is 0 Å². The molecule has 1 N–H and O–H groups in total. The fourth-order valence-corrected chi connectivity index (χ4v) is 3.18. The molecule has 2 rings (SSSR count). The average molecular weight is 288 g/mol. The fraction of sp³-hybridized carbons (Fsp3) is 0.471. The molecule has 0 radical (unpaired) electrons. The minimum Gasteiger partial charge on any atom is -0.317 e. The van der Waals surface area contributed by atoms with Gasteiger partial charge in [-0.2, -0.15) is 0 Å². The van der Waals surface area contributed by atoms with Gasteiger partial charge < -0.3 is 5.32 Å². The van der Waals surface area contributed by atoms with Gasteiger partial charge in [0.05, 0.1) is 10.7 Å². The lowest BCUT2D eigenvalue weighted by atomic mass is 9.98. The molecule has 2 aromatic rings. The SMILES string of the molecule is CCNCCc1sc(C(C)(C)C)nc1-c1ccccc1. The molecule has 0 spiro atoms. The van der Waals surface area contributed by atoms with Gasteiger partial charge in [0.25, 0.3) is 0 Å². The number of likely N-dealkylation sites (N-methyl/N-ethyl adjacent to an activating group) is 1. The second-order valence-corrected chi connectivity index (χ2v) is 7.09. The zero-order valence-corrected chi connectivity index (χ0v) is 13.7. The van der Waals surface area contributed by atoms with E-state index in [1.165, 1.54) is 21.1 Å². The Balaban J connectivity index is 2.35. The van der Waals surface area contributed by atoms with E-state index in [1.54, 1.807) is 0 Å². The van der Waals surface area contributed by atoms with Crippen molar-refractivity contribution in [3.63, 3.8) is 0 Å². The molecule has 0 unspecified atom stereocenters. The maximum absolute atomic E-state index is 4.92. The van der Waals surface area contributed by atoms with E-state index >= 15 is 0 Å². The van der Waals surface area contributed by atoms with Crippen molar-refractivity contribution >= 4 is 11.3 Å². The molecular formula is C17H24N2S. The van der Waals surface area contributed by atoms with Gasteiger partial charge >= 0.3 is 0 Å². The lowest BCUT2D eigenvalue weighted by Gasteiger charge is -2.13. The standard InChI is InChI=1S/C17H24N2S/c1-5-18-12-11-14-15(13-9-7-6-8-10-13)19-16(20-14)17(2,3)4/h6-10,18H,5,11-12H2,1-4H3. The molecule has 2 nitrogen and oxygen atoms in total. The minimum atomic E-state index is 0.116. The summed E-state index contributed by atoms with van der Waals surface area (Å²) in [6.45, 7) is 10.9. The molecule has 0 aliphatic heterocycles. The molecule has 1 aromatic carbocycles. The first kappa shape index (κ1) is 15.2. The van der Waals surface area contributed by atoms with Gasteiger partial charge in [0.1, 0.15) is 0 Å². The minimum absolute atomic E-state index is 0.116. The molecule has 0 saturated heterocycles. The summed E-state index contributed by atoms with van der Waals surface area (Å²) in [7, 11) is 0. The van der Waals surface area contributed by atoms with E-state index < -0.39 is 0 Å². The Morgan fingerprint density at radius 3 is 2.45 bits per heavy atom. The zero-order valence-electron chi connectivity index (χ0n) is 12.9. The summed E-state index contributed by atoms with van der Waals surface area (Å²) in [4.78, 5) is 6.31. The molecule has 0 saturated carbocycles. The fourth-order valence-electron chi connectivity index (χ4n) is 2.04. The zero-order chi connectivity index (χ0) is 14.6. The summed E-state index contributed by atoms with van der Waals surface area (Å²) < 4.78 is 0. The average Bonchev–Trinajstić information content (AvgIpc) is 2.84. The van der Waals surface area contributed by atoms with Crippen LogP contribution in [-0.4, -0.2) is 18.1 Å². The molecular weight excluding hydrogens is 264 g/mol. The Morgan fingerprint density at radius 2 is 1.85 bits per heavy atom. The first-order valence-electron chi connectivity index (χ1n) is 7.28. The van der Waals surface area contributed by atoms with Crippen LogP contribution < -0.4 is 5.32 Å². The number of benzene rings is 1. The number of nitrogens with one attached hydrogen (secondary N) is 1. The highest BCUT2D eigenvalue weighted by atomic mass is 32.1. The van der Waals surface area contributed by atoms with E-state index in [-0.39, 0.29) is 5.41 Å². The van der Waals surface area contributed by atoms with Crippen LogP contribution in [0.15, 0.2) is 30.3 Å². The Morgan fingerprint density at radius 1 is 1.15 bits per heavy atom. The number of aromatic nitrogens is 1. The molecule has 0 amide bonds. The third-order valence-electron chi connectivity index (χ3n) is 3.17. The van der Waals surface area contributed by atoms with Crippen LogP contribution in [0.3, 0.4) is 0 Å². The largest absolute Gasteiger partial charge is 0.317 e. The highest BCUT2D eigenvalue weighted by Crippen LogP contribution is 2.34. The quantitative estimate of drug-likeness (QED) is 0.832. The Hall–Kier alpha value is -1.19. The van der Waals surface area contributed by atoms with Crippen LogP contribution in [0.1, 0.15) is 37.6 Å². The second-order valence-electron chi connectivity index (χ2n) is 6.01. The maximum Gasteiger partial charge on any atom is 0.0988 e. The predicted molar refractivity (Wildman–Crippen MR) is 88.5 cm³/mol. The number of rotatable bonds is 5. The van der Waals surface area contributed by atoms with Gasteiger partial charge in [-0.15, -0.1) is 11.3 Å². The van der Waals surface area contributed by atoms with Gasteiger partial charge in [-0.3, -0.25) is 0 Å². The van der Waals surface area contributed by atoms with Crippen LogP contribution in [-0.2, 0) is 11.8 Å². The van der Waals surface area contributed by atoms with Crippen LogP contribution in [0.4, 0.5) is 0 Å². The lowest BCUT2D eigenvalue weighted by molar-refractivity contribution is 0.586. The number of nitrogens with zero attached hydrogens (tertiary/aromatic N) is 1. The third-order valence-corrected chi connectivity index (χ3v) is 4.71. The van der Waals surface area contributed by atoms with Gasteiger partial charge in [0, 0.05) is 22.4 Å². The highest BCUT2D eigenvalue weighted by Gasteiger charge is 2.21. The summed E-state index contributed by atoms with van der Waals surface area (Å²) in [6, 6.07) is 10.5. The first-order chi connectivity index (χ1) is 9.52. The van der Waals surface area contributed by atoms with Gasteiger partial charge in [-0.1, -0.05) is 58.0 Å². The van der Waals surface area contributed by atoms with Crippen molar-refractivity contribution in [3.05, 3.63) is 40.2 Å². The van der Waals surface area contributed by atoms with Gasteiger partial charge in [-0.25, -0.2) is 4.98 Å². The predicted octanol–water partition coefficient (Wildman–Crippen LogP) is 4.26. The van der Waals surface area contributed by atoms with Crippen molar-refractivity contribution in [2.75, 3.05) is 13.1 Å². The van der Waals surface area contributed by atoms with E-state index in [1.807, 2.05) is 11.3 Å². The van der Waals surface area contributed by atoms with Crippen molar-refractivity contribution in [2.45, 2.75) is 39.5 Å². The van der Waals surface area contributed by atoms with Crippen LogP contribution in [0.2, 0.25) is 0 Å². The van der Waals surface area contributed by atoms with Crippen molar-refractivity contribution in [2.24, 2.45) is 0 Å². The van der Waals surface area contributed by atoms with Gasteiger partial charge in [0.2, 0.25) is 0 Å². The molecule has 0 aliphatic carbocycles. The molecule has 0 fully saturated rings. The molecule has 20 heavy (non-hydrogen) atoms. The second kappa shape index (κ2) is 6.51. The van der Waals surface area contributed by atoms with Crippen LogP contribution in [0.25, 0.3) is 11.3 Å². The summed E-state index contributed by atoms with van der Waals surface area (Å²) in [5.41, 5.74) is 2.51. The van der Waals surface area contributed by atoms with E-state index in [0.717, 1.165) is 19.5 Å². The highest BCUT2D eigenvalue weighted by molar-refractivity contribution is 7.12. The topological polar surface area (TPSA) is 24.9 Å². The Bertz CT molecular complexity index is 538. The molecule has 0 aliphatic rings. The van der Waals surface area contributed by atoms with E-state index in [2.05, 4.69) is 63.3 Å². The molecule has 1 heterocycles. The Labute approximate surface area is 126 Å². The molecule has 1 aromatic heterocycles. The smallest absolute Gasteiger partial charge is 0.0988 e. The molecule has 0 atom stereocenters. The van der Waals surface area contributed by atoms with E-state index in [4.69, 9.17) is 4.98 Å². The van der Waals surface area contributed by atoms with Crippen LogP contribution in [0.5, 0.6) is 0 Å². The number of hydrogen-bond acceptors (Lipinski definition) is 3. The number of hydrogen-bond donors (Lipinski definition) is 1. The van der Waals surface area contributed by atoms with Crippen molar-refractivity contribution in [3.8, 4) is 11.3 Å². The molecule has 108 valence electrons. The lowest BCUT2D eigenvalue weighted by Crippen LogP contribution is -2.15. The molecule has 3 heteroatoms. The summed E-state index contributed by atoms with van der Waals surface area (Å²) in [6.07, 6.45) is 1.05. The molecule has 0 bridgehead atoms. The van der Waals surface area contributed by atoms with Crippen molar-refractivity contribution in [1.82, 2.24) is 10.3 Å². The van der Waals surface area contributed by atoms with Crippen molar-refractivity contribution < 1.29 is 0 Å². The van der Waals surface area contributed by atoms with E-state index in [9.17, 15) is 0 Å². The summed E-state index contributed by atoms with van der Waals surface area (Å²) in [5, 5.41) is 4.63. The first-order valence-corrected chi connectivity index (χ1v) is 8.10.